The molecule has 0 bridgehead atoms. The molecule has 1 fully saturated rings. The number of allylic oxidation sites excluding steroid dienone is 1. The average molecular weight is 260 g/mol. The Morgan fingerprint density at radius 3 is 3.21 bits per heavy atom. The van der Waals surface area contributed by atoms with E-state index in [1.165, 1.54) is 0 Å². The summed E-state index contributed by atoms with van der Waals surface area (Å²) in [7, 11) is 0. The van der Waals surface area contributed by atoms with Crippen LogP contribution in [0, 0.1) is 0 Å². The van der Waals surface area contributed by atoms with E-state index in [1.54, 1.807) is 18.6 Å². The minimum Gasteiger partial charge on any atom is -0.353 e. The lowest BCUT2D eigenvalue weighted by atomic mass is 10.1. The van der Waals surface area contributed by atoms with Crippen molar-refractivity contribution in [3.63, 3.8) is 0 Å². The first-order valence-corrected chi connectivity index (χ1v) is 6.71. The molecule has 1 aromatic heterocycles. The number of piperidine rings is 1. The molecule has 1 N–H and O–H groups in total. The van der Waals surface area contributed by atoms with Crippen LogP contribution in [-0.2, 0) is 4.79 Å². The molecule has 1 aliphatic heterocycles. The summed E-state index contributed by atoms with van der Waals surface area (Å²) in [5.41, 5.74) is 0. The Morgan fingerprint density at radius 2 is 2.47 bits per heavy atom. The maximum absolute atomic E-state index is 11.7. The molecule has 1 aromatic rings. The van der Waals surface area contributed by atoms with Crippen LogP contribution in [0.25, 0.3) is 0 Å². The molecule has 19 heavy (non-hydrogen) atoms. The van der Waals surface area contributed by atoms with Crippen molar-refractivity contribution in [2.24, 2.45) is 0 Å². The molecule has 5 heteroatoms. The maximum atomic E-state index is 11.7. The highest BCUT2D eigenvalue weighted by Crippen LogP contribution is 2.16. The summed E-state index contributed by atoms with van der Waals surface area (Å²) in [5.74, 6) is 0.971. The molecular formula is C14H20N4O. The summed E-state index contributed by atoms with van der Waals surface area (Å²) in [6.45, 7) is 3.70. The minimum absolute atomic E-state index is 0.0871. The van der Waals surface area contributed by atoms with Crippen LogP contribution in [0.4, 0.5) is 5.82 Å². The molecule has 5 nitrogen and oxygen atoms in total. The van der Waals surface area contributed by atoms with Gasteiger partial charge in [-0.15, -0.1) is 0 Å². The minimum atomic E-state index is 0.0871. The van der Waals surface area contributed by atoms with Gasteiger partial charge in [-0.25, -0.2) is 4.98 Å². The van der Waals surface area contributed by atoms with Crippen molar-refractivity contribution < 1.29 is 4.79 Å². The largest absolute Gasteiger partial charge is 0.353 e. The molecule has 1 atom stereocenters. The number of hydrogen-bond acceptors (Lipinski definition) is 4. The van der Waals surface area contributed by atoms with Crippen molar-refractivity contribution in [1.82, 2.24) is 15.3 Å². The van der Waals surface area contributed by atoms with E-state index in [0.717, 1.165) is 31.7 Å². The molecule has 0 spiro atoms. The van der Waals surface area contributed by atoms with Gasteiger partial charge < -0.3 is 10.2 Å². The quantitative estimate of drug-likeness (QED) is 0.834. The second kappa shape index (κ2) is 6.87. The number of carbonyl (C=O) groups excluding carboxylic acids is 1. The lowest BCUT2D eigenvalue weighted by Crippen LogP contribution is -2.48. The van der Waals surface area contributed by atoms with Crippen LogP contribution in [0.3, 0.4) is 0 Å². The van der Waals surface area contributed by atoms with Gasteiger partial charge in [0, 0.05) is 37.9 Å². The molecule has 1 aliphatic rings. The Morgan fingerprint density at radius 1 is 1.58 bits per heavy atom. The van der Waals surface area contributed by atoms with Gasteiger partial charge in [-0.05, 0) is 19.8 Å². The summed E-state index contributed by atoms with van der Waals surface area (Å²) in [4.78, 5) is 22.3. The van der Waals surface area contributed by atoms with E-state index in [2.05, 4.69) is 20.2 Å². The fourth-order valence-electron chi connectivity index (χ4n) is 2.27. The summed E-state index contributed by atoms with van der Waals surface area (Å²) in [6.07, 6.45) is 11.4. The van der Waals surface area contributed by atoms with Gasteiger partial charge in [-0.1, -0.05) is 12.2 Å². The first-order valence-electron chi connectivity index (χ1n) is 6.71. The zero-order valence-corrected chi connectivity index (χ0v) is 11.2. The van der Waals surface area contributed by atoms with E-state index in [-0.39, 0.29) is 11.9 Å². The van der Waals surface area contributed by atoms with Gasteiger partial charge in [0.1, 0.15) is 5.82 Å². The molecule has 0 saturated carbocycles. The summed E-state index contributed by atoms with van der Waals surface area (Å²) >= 11 is 0. The molecule has 2 heterocycles. The molecule has 1 amide bonds. The molecule has 0 radical (unpaired) electrons. The van der Waals surface area contributed by atoms with Crippen LogP contribution < -0.4 is 10.2 Å². The van der Waals surface area contributed by atoms with Gasteiger partial charge in [-0.3, -0.25) is 9.78 Å². The van der Waals surface area contributed by atoms with Crippen molar-refractivity contribution in [3.8, 4) is 0 Å². The lowest BCUT2D eigenvalue weighted by Gasteiger charge is -2.33. The van der Waals surface area contributed by atoms with Crippen molar-refractivity contribution >= 4 is 11.7 Å². The topological polar surface area (TPSA) is 58.1 Å². The number of anilines is 1. The monoisotopic (exact) mass is 260 g/mol. The van der Waals surface area contributed by atoms with Crippen molar-refractivity contribution in [2.45, 2.75) is 32.2 Å². The molecule has 1 saturated heterocycles. The highest BCUT2D eigenvalue weighted by Gasteiger charge is 2.21. The van der Waals surface area contributed by atoms with Gasteiger partial charge in [-0.2, -0.15) is 0 Å². The highest BCUT2D eigenvalue weighted by molar-refractivity contribution is 5.77. The number of amides is 1. The normalized spacial score (nSPS) is 19.6. The SMILES string of the molecule is C/C=C/CC(=O)N[C@H]1CCCN(c2cnccn2)C1. The fourth-order valence-corrected chi connectivity index (χ4v) is 2.27. The first-order chi connectivity index (χ1) is 9.29. The number of rotatable bonds is 4. The predicted molar refractivity (Wildman–Crippen MR) is 74.8 cm³/mol. The molecule has 2 rings (SSSR count). The van der Waals surface area contributed by atoms with E-state index in [0.29, 0.717) is 6.42 Å². The maximum Gasteiger partial charge on any atom is 0.224 e. The molecule has 0 unspecified atom stereocenters. The average Bonchev–Trinajstić information content (AvgIpc) is 2.46. The van der Waals surface area contributed by atoms with Gasteiger partial charge in [0.2, 0.25) is 5.91 Å². The first kappa shape index (κ1) is 13.5. The van der Waals surface area contributed by atoms with Crippen LogP contribution in [0.5, 0.6) is 0 Å². The molecular weight excluding hydrogens is 240 g/mol. The van der Waals surface area contributed by atoms with Gasteiger partial charge in [0.25, 0.3) is 0 Å². The number of nitrogens with one attached hydrogen (secondary N) is 1. The molecule has 0 aromatic carbocycles. The van der Waals surface area contributed by atoms with Crippen LogP contribution in [0.1, 0.15) is 26.2 Å². The third kappa shape index (κ3) is 4.05. The summed E-state index contributed by atoms with van der Waals surface area (Å²) < 4.78 is 0. The molecule has 102 valence electrons. The van der Waals surface area contributed by atoms with E-state index in [9.17, 15) is 4.79 Å². The smallest absolute Gasteiger partial charge is 0.224 e. The Bertz CT molecular complexity index is 432. The Labute approximate surface area is 113 Å². The second-order valence-corrected chi connectivity index (χ2v) is 4.69. The molecule has 0 aliphatic carbocycles. The van der Waals surface area contributed by atoms with Crippen LogP contribution >= 0.6 is 0 Å². The van der Waals surface area contributed by atoms with E-state index >= 15 is 0 Å². The Balaban J connectivity index is 1.89. The number of nitrogens with zero attached hydrogens (tertiary/aromatic N) is 3. The third-order valence-corrected chi connectivity index (χ3v) is 3.20. The van der Waals surface area contributed by atoms with Crippen LogP contribution in [0.15, 0.2) is 30.7 Å². The van der Waals surface area contributed by atoms with Crippen molar-refractivity contribution in [1.29, 1.82) is 0 Å². The van der Waals surface area contributed by atoms with Gasteiger partial charge >= 0.3 is 0 Å². The predicted octanol–water partition coefficient (Wildman–Crippen LogP) is 1.53. The Kier molecular flexibility index (Phi) is 4.89. The number of aromatic nitrogens is 2. The van der Waals surface area contributed by atoms with Gasteiger partial charge in [0.05, 0.1) is 6.20 Å². The van der Waals surface area contributed by atoms with E-state index in [4.69, 9.17) is 0 Å². The Hall–Kier alpha value is -1.91. The van der Waals surface area contributed by atoms with Crippen LogP contribution in [0.2, 0.25) is 0 Å². The van der Waals surface area contributed by atoms with Crippen molar-refractivity contribution in [2.75, 3.05) is 18.0 Å². The zero-order chi connectivity index (χ0) is 13.5. The van der Waals surface area contributed by atoms with Crippen molar-refractivity contribution in [3.05, 3.63) is 30.7 Å². The lowest BCUT2D eigenvalue weighted by molar-refractivity contribution is -0.121. The van der Waals surface area contributed by atoms with E-state index < -0.39 is 0 Å². The van der Waals surface area contributed by atoms with E-state index in [1.807, 2.05) is 19.1 Å². The summed E-state index contributed by atoms with van der Waals surface area (Å²) in [5, 5.41) is 3.07. The number of hydrogen-bond donors (Lipinski definition) is 1. The fraction of sp³-hybridized carbons (Fsp3) is 0.500. The second-order valence-electron chi connectivity index (χ2n) is 4.69. The third-order valence-electron chi connectivity index (χ3n) is 3.20. The summed E-state index contributed by atoms with van der Waals surface area (Å²) in [6, 6.07) is 0.202. The number of carbonyl (C=O) groups is 1. The van der Waals surface area contributed by atoms with Crippen LogP contribution in [-0.4, -0.2) is 35.0 Å². The zero-order valence-electron chi connectivity index (χ0n) is 11.2. The highest BCUT2D eigenvalue weighted by atomic mass is 16.1. The van der Waals surface area contributed by atoms with Gasteiger partial charge in [0.15, 0.2) is 0 Å². The standard InChI is InChI=1S/C14H20N4O/c1-2-3-6-14(19)17-12-5-4-9-18(11-12)13-10-15-7-8-16-13/h2-3,7-8,10,12H,4-6,9,11H2,1H3,(H,17,19)/b3-2+/t12-/m0/s1.